The monoisotopic (exact) mass is 715 g/mol. The third-order valence-electron chi connectivity index (χ3n) is 8.95. The Bertz CT molecular complexity index is 2450. The number of aromatic carboxylic acids is 2. The number of aromatic hydroxyl groups is 2. The van der Waals surface area contributed by atoms with Crippen LogP contribution in [0.3, 0.4) is 0 Å². The molecule has 6 aromatic carbocycles. The molecule has 10 nitrogen and oxygen atoms in total. The van der Waals surface area contributed by atoms with Crippen LogP contribution in [-0.2, 0) is 0 Å². The van der Waals surface area contributed by atoms with Crippen molar-refractivity contribution in [1.82, 2.24) is 4.98 Å². The quantitative estimate of drug-likeness (QED) is 0.100. The van der Waals surface area contributed by atoms with Gasteiger partial charge in [-0.3, -0.25) is 9.59 Å². The van der Waals surface area contributed by atoms with E-state index >= 15 is 0 Å². The average Bonchev–Trinajstić information content (AvgIpc) is 3.58. The van der Waals surface area contributed by atoms with Crippen LogP contribution in [0.5, 0.6) is 11.5 Å². The van der Waals surface area contributed by atoms with Gasteiger partial charge in [-0.2, -0.15) is 0 Å². The van der Waals surface area contributed by atoms with E-state index in [1.165, 1.54) is 36.4 Å². The van der Waals surface area contributed by atoms with Gasteiger partial charge in [0.15, 0.2) is 23.2 Å². The van der Waals surface area contributed by atoms with Crippen molar-refractivity contribution in [1.29, 1.82) is 0 Å². The van der Waals surface area contributed by atoms with Gasteiger partial charge in [0.05, 0.1) is 22.3 Å². The summed E-state index contributed by atoms with van der Waals surface area (Å²) in [6, 6.07) is 34.7. The van der Waals surface area contributed by atoms with Gasteiger partial charge in [-0.15, -0.1) is 0 Å². The molecule has 0 radical (unpaired) electrons. The number of carboxylic acids is 2. The van der Waals surface area contributed by atoms with Crippen molar-refractivity contribution in [2.24, 2.45) is 0 Å². The highest BCUT2D eigenvalue weighted by Crippen LogP contribution is 2.40. The van der Waals surface area contributed by atoms with Crippen LogP contribution in [0.1, 0.15) is 58.4 Å². The molecule has 0 atom stereocenters. The van der Waals surface area contributed by atoms with Crippen molar-refractivity contribution < 1.29 is 44.0 Å². The lowest BCUT2D eigenvalue weighted by molar-refractivity contribution is 0.0687. The first-order valence-electron chi connectivity index (χ1n) is 16.6. The zero-order chi connectivity index (χ0) is 38.1. The van der Waals surface area contributed by atoms with Crippen LogP contribution in [0, 0.1) is 6.92 Å². The number of aromatic nitrogens is 1. The van der Waals surface area contributed by atoms with Gasteiger partial charge < -0.3 is 24.8 Å². The predicted octanol–water partition coefficient (Wildman–Crippen LogP) is 8.92. The van der Waals surface area contributed by atoms with Crippen LogP contribution in [0.25, 0.3) is 44.8 Å². The summed E-state index contributed by atoms with van der Waals surface area (Å²) in [6.45, 7) is 1.63. The maximum atomic E-state index is 13.1. The number of phenolic OH excluding ortho intramolecular Hbond substituents is 2. The second kappa shape index (κ2) is 14.2. The molecule has 0 unspecified atom stereocenters. The number of benzene rings is 6. The van der Waals surface area contributed by atoms with Crippen molar-refractivity contribution in [2.45, 2.75) is 6.92 Å². The van der Waals surface area contributed by atoms with Crippen molar-refractivity contribution in [3.8, 4) is 56.3 Å². The fourth-order valence-electron chi connectivity index (χ4n) is 6.32. The van der Waals surface area contributed by atoms with E-state index < -0.39 is 23.5 Å². The molecule has 0 aliphatic rings. The van der Waals surface area contributed by atoms with Crippen LogP contribution in [0.15, 0.2) is 138 Å². The van der Waals surface area contributed by atoms with Crippen molar-refractivity contribution in [2.75, 3.05) is 0 Å². The molecule has 10 heteroatoms. The first kappa shape index (κ1) is 34.8. The molecule has 0 saturated carbocycles. The van der Waals surface area contributed by atoms with Crippen molar-refractivity contribution >= 4 is 23.5 Å². The first-order chi connectivity index (χ1) is 26.0. The summed E-state index contributed by atoms with van der Waals surface area (Å²) in [7, 11) is 0. The van der Waals surface area contributed by atoms with Crippen LogP contribution in [-0.4, -0.2) is 48.9 Å². The van der Waals surface area contributed by atoms with Crippen LogP contribution in [0.4, 0.5) is 0 Å². The molecule has 4 N–H and O–H groups in total. The number of phenols is 2. The Morgan fingerprint density at radius 1 is 0.500 bits per heavy atom. The molecule has 7 aromatic rings. The summed E-state index contributed by atoms with van der Waals surface area (Å²) in [6.07, 6.45) is 0. The zero-order valence-electron chi connectivity index (χ0n) is 28.5. The first-order valence-corrected chi connectivity index (χ1v) is 16.6. The Kier molecular flexibility index (Phi) is 9.16. The standard InChI is InChI=1S/C44H29NO9/c1-24-45-39(29-14-16-31(43(50)51)35(20-29)27-12-18-33(37(46)22-27)40(48)25-8-4-2-5-9-25)42(54-24)30-15-17-32(44(52)53)36(21-30)28-13-19-34(38(47)23-28)41(49)26-10-6-3-7-11-26/h2-23,46-47H,1H3,(H,50,51)(H,52,53). The Morgan fingerprint density at radius 3 is 1.35 bits per heavy atom. The van der Waals surface area contributed by atoms with Crippen LogP contribution >= 0.6 is 0 Å². The molecule has 1 aromatic heterocycles. The molecular weight excluding hydrogens is 686 g/mol. The Morgan fingerprint density at radius 2 is 0.907 bits per heavy atom. The van der Waals surface area contributed by atoms with Gasteiger partial charge in [-0.1, -0.05) is 84.9 Å². The normalized spacial score (nSPS) is 10.9. The molecule has 264 valence electrons. The molecule has 0 aliphatic heterocycles. The minimum atomic E-state index is -1.22. The van der Waals surface area contributed by atoms with E-state index in [0.29, 0.717) is 39.1 Å². The molecule has 0 amide bonds. The molecule has 0 bridgehead atoms. The number of carbonyl (C=O) groups is 4. The number of rotatable bonds is 10. The zero-order valence-corrected chi connectivity index (χ0v) is 28.5. The van der Waals surface area contributed by atoms with E-state index in [4.69, 9.17) is 4.42 Å². The number of hydrogen-bond donors (Lipinski definition) is 4. The summed E-state index contributed by atoms with van der Waals surface area (Å²) >= 11 is 0. The SMILES string of the molecule is Cc1nc(-c2ccc(C(=O)O)c(-c3ccc(C(=O)c4ccccc4)c(O)c3)c2)c(-c2ccc(C(=O)O)c(-c3ccc(C(=O)c4ccccc4)c(O)c3)c2)o1. The lowest BCUT2D eigenvalue weighted by Gasteiger charge is -2.13. The highest BCUT2D eigenvalue weighted by atomic mass is 16.4. The number of hydrogen-bond acceptors (Lipinski definition) is 8. The summed E-state index contributed by atoms with van der Waals surface area (Å²) in [5, 5.41) is 42.0. The summed E-state index contributed by atoms with van der Waals surface area (Å²) < 4.78 is 6.05. The molecule has 0 saturated heterocycles. The number of ketones is 2. The maximum absolute atomic E-state index is 13.1. The highest BCUT2D eigenvalue weighted by molar-refractivity contribution is 6.12. The molecule has 7 rings (SSSR count). The molecule has 1 heterocycles. The van der Waals surface area contributed by atoms with Crippen molar-refractivity contribution in [3.63, 3.8) is 0 Å². The summed E-state index contributed by atoms with van der Waals surface area (Å²) in [5.41, 5.74) is 3.08. The molecule has 0 aliphatic carbocycles. The fourth-order valence-corrected chi connectivity index (χ4v) is 6.32. The third kappa shape index (κ3) is 6.62. The van der Waals surface area contributed by atoms with E-state index in [2.05, 4.69) is 4.98 Å². The van der Waals surface area contributed by atoms with Gasteiger partial charge in [0.2, 0.25) is 0 Å². The van der Waals surface area contributed by atoms with Gasteiger partial charge in [0, 0.05) is 29.2 Å². The van der Waals surface area contributed by atoms with Gasteiger partial charge in [0.1, 0.15) is 17.2 Å². The second-order valence-electron chi connectivity index (χ2n) is 12.4. The lowest BCUT2D eigenvalue weighted by atomic mass is 9.92. The molecule has 0 fully saturated rings. The van der Waals surface area contributed by atoms with Gasteiger partial charge >= 0.3 is 11.9 Å². The molecular formula is C44H29NO9. The summed E-state index contributed by atoms with van der Waals surface area (Å²) in [5.74, 6) is -3.34. The maximum Gasteiger partial charge on any atom is 0.336 e. The van der Waals surface area contributed by atoms with Gasteiger partial charge in [0.25, 0.3) is 0 Å². The second-order valence-corrected chi connectivity index (χ2v) is 12.4. The van der Waals surface area contributed by atoms with E-state index in [1.54, 1.807) is 104 Å². The van der Waals surface area contributed by atoms with E-state index in [1.807, 2.05) is 0 Å². The Labute approximate surface area is 307 Å². The number of aryl methyl sites for hydroxylation is 1. The molecule has 54 heavy (non-hydrogen) atoms. The third-order valence-corrected chi connectivity index (χ3v) is 8.95. The van der Waals surface area contributed by atoms with Gasteiger partial charge in [-0.05, 0) is 70.8 Å². The van der Waals surface area contributed by atoms with Crippen molar-refractivity contribution in [3.05, 3.63) is 173 Å². The predicted molar refractivity (Wildman–Crippen MR) is 200 cm³/mol. The average molecular weight is 716 g/mol. The minimum Gasteiger partial charge on any atom is -0.507 e. The smallest absolute Gasteiger partial charge is 0.336 e. The van der Waals surface area contributed by atoms with E-state index in [-0.39, 0.29) is 56.5 Å². The van der Waals surface area contributed by atoms with Crippen LogP contribution < -0.4 is 0 Å². The minimum absolute atomic E-state index is 0.0532. The number of nitrogens with zero attached hydrogens (tertiary/aromatic N) is 1. The fraction of sp³-hybridized carbons (Fsp3) is 0.0227. The lowest BCUT2D eigenvalue weighted by Crippen LogP contribution is -2.03. The highest BCUT2D eigenvalue weighted by Gasteiger charge is 2.23. The Hall–Kier alpha value is -7.59. The Balaban J connectivity index is 1.29. The topological polar surface area (TPSA) is 175 Å². The number of carboxylic acid groups (broad SMARTS) is 2. The van der Waals surface area contributed by atoms with E-state index in [0.717, 1.165) is 0 Å². The largest absolute Gasteiger partial charge is 0.507 e. The molecule has 0 spiro atoms. The summed E-state index contributed by atoms with van der Waals surface area (Å²) in [4.78, 5) is 55.4. The van der Waals surface area contributed by atoms with Crippen LogP contribution in [0.2, 0.25) is 0 Å². The van der Waals surface area contributed by atoms with Gasteiger partial charge in [-0.25, -0.2) is 14.6 Å². The number of oxazole rings is 1. The van der Waals surface area contributed by atoms with E-state index in [9.17, 15) is 39.6 Å². The number of carbonyl (C=O) groups excluding carboxylic acids is 2.